The summed E-state index contributed by atoms with van der Waals surface area (Å²) in [5, 5.41) is 9.03. The van der Waals surface area contributed by atoms with Crippen LogP contribution in [0, 0.1) is 5.92 Å². The minimum atomic E-state index is -0.531. The maximum atomic E-state index is 12.2. The van der Waals surface area contributed by atoms with E-state index in [0.29, 0.717) is 12.4 Å². The van der Waals surface area contributed by atoms with Gasteiger partial charge in [0.15, 0.2) is 0 Å². The number of aromatic amines is 1. The third-order valence-corrected chi connectivity index (χ3v) is 3.12. The van der Waals surface area contributed by atoms with Crippen LogP contribution in [0.4, 0.5) is 0 Å². The Kier molecular flexibility index (Phi) is 5.80. The number of aliphatic hydroxyl groups is 1. The number of aromatic nitrogens is 2. The largest absolute Gasteiger partial charge is 0.395 e. The van der Waals surface area contributed by atoms with Crippen molar-refractivity contribution >= 4 is 5.91 Å². The molecule has 0 aromatic carbocycles. The van der Waals surface area contributed by atoms with Gasteiger partial charge < -0.3 is 20.7 Å². The lowest BCUT2D eigenvalue weighted by Crippen LogP contribution is -2.47. The van der Waals surface area contributed by atoms with E-state index in [-0.39, 0.29) is 25.0 Å². The molecular formula is C12H22N4O2. The van der Waals surface area contributed by atoms with Crippen molar-refractivity contribution in [3.8, 4) is 0 Å². The Bertz CT molecular complexity index is 353. The van der Waals surface area contributed by atoms with Crippen molar-refractivity contribution in [3.63, 3.8) is 0 Å². The lowest BCUT2D eigenvalue weighted by Gasteiger charge is -2.26. The van der Waals surface area contributed by atoms with Gasteiger partial charge in [0.2, 0.25) is 5.91 Å². The topological polar surface area (TPSA) is 95.2 Å². The van der Waals surface area contributed by atoms with Crippen molar-refractivity contribution < 1.29 is 9.90 Å². The third kappa shape index (κ3) is 3.82. The van der Waals surface area contributed by atoms with Gasteiger partial charge in [0.05, 0.1) is 19.2 Å². The monoisotopic (exact) mass is 254 g/mol. The minimum Gasteiger partial charge on any atom is -0.395 e. The summed E-state index contributed by atoms with van der Waals surface area (Å²) in [5.74, 6) is 0.665. The number of nitrogens with zero attached hydrogens (tertiary/aromatic N) is 2. The average molecular weight is 254 g/mol. The van der Waals surface area contributed by atoms with Crippen molar-refractivity contribution in [2.45, 2.75) is 32.9 Å². The Balaban J connectivity index is 2.68. The summed E-state index contributed by atoms with van der Waals surface area (Å²) >= 11 is 0. The van der Waals surface area contributed by atoms with Crippen LogP contribution in [0.2, 0.25) is 0 Å². The Labute approximate surface area is 107 Å². The molecule has 0 fully saturated rings. The molecule has 1 aromatic heterocycles. The number of hydrogen-bond acceptors (Lipinski definition) is 4. The predicted molar refractivity (Wildman–Crippen MR) is 68.5 cm³/mol. The molecule has 1 rings (SSSR count). The Morgan fingerprint density at radius 2 is 2.39 bits per heavy atom. The maximum Gasteiger partial charge on any atom is 0.240 e. The molecule has 0 unspecified atom stereocenters. The van der Waals surface area contributed by atoms with E-state index in [9.17, 15) is 4.79 Å². The Hall–Kier alpha value is -1.40. The van der Waals surface area contributed by atoms with Gasteiger partial charge in [-0.05, 0) is 5.92 Å². The van der Waals surface area contributed by atoms with E-state index < -0.39 is 6.04 Å². The summed E-state index contributed by atoms with van der Waals surface area (Å²) in [6.07, 6.45) is 4.18. The molecule has 1 aromatic rings. The number of rotatable bonds is 7. The van der Waals surface area contributed by atoms with Crippen LogP contribution in [0.3, 0.4) is 0 Å². The van der Waals surface area contributed by atoms with Gasteiger partial charge in [0.25, 0.3) is 0 Å². The fourth-order valence-corrected chi connectivity index (χ4v) is 1.66. The second-order valence-electron chi connectivity index (χ2n) is 4.43. The molecule has 1 heterocycles. The van der Waals surface area contributed by atoms with Gasteiger partial charge in [-0.3, -0.25) is 4.79 Å². The van der Waals surface area contributed by atoms with E-state index in [1.807, 2.05) is 13.8 Å². The summed E-state index contributed by atoms with van der Waals surface area (Å²) in [4.78, 5) is 20.8. The molecule has 18 heavy (non-hydrogen) atoms. The molecule has 0 bridgehead atoms. The van der Waals surface area contributed by atoms with Gasteiger partial charge in [-0.2, -0.15) is 0 Å². The van der Waals surface area contributed by atoms with Gasteiger partial charge in [-0.15, -0.1) is 0 Å². The number of H-pyrrole nitrogens is 1. The first-order valence-electron chi connectivity index (χ1n) is 6.23. The summed E-state index contributed by atoms with van der Waals surface area (Å²) in [5.41, 5.74) is 5.93. The van der Waals surface area contributed by atoms with E-state index in [0.717, 1.165) is 6.42 Å². The first kappa shape index (κ1) is 14.7. The summed E-state index contributed by atoms with van der Waals surface area (Å²) < 4.78 is 0. The second kappa shape index (κ2) is 7.13. The van der Waals surface area contributed by atoms with Gasteiger partial charge in [0, 0.05) is 18.9 Å². The molecule has 102 valence electrons. The van der Waals surface area contributed by atoms with Crippen LogP contribution >= 0.6 is 0 Å². The van der Waals surface area contributed by atoms with Crippen molar-refractivity contribution in [1.82, 2.24) is 14.9 Å². The number of nitrogens with two attached hydrogens (primary N) is 1. The first-order valence-corrected chi connectivity index (χ1v) is 6.23. The highest BCUT2D eigenvalue weighted by molar-refractivity contribution is 5.81. The Morgan fingerprint density at radius 3 is 2.89 bits per heavy atom. The molecule has 0 aliphatic carbocycles. The molecule has 0 aliphatic rings. The number of carbonyl (C=O) groups is 1. The highest BCUT2D eigenvalue weighted by Gasteiger charge is 2.25. The van der Waals surface area contributed by atoms with Gasteiger partial charge in [-0.25, -0.2) is 4.98 Å². The van der Waals surface area contributed by atoms with Gasteiger partial charge in [0.1, 0.15) is 5.82 Å². The normalized spacial score (nSPS) is 14.2. The zero-order valence-corrected chi connectivity index (χ0v) is 11.0. The lowest BCUT2D eigenvalue weighted by atomic mass is 9.99. The molecule has 4 N–H and O–H groups in total. The van der Waals surface area contributed by atoms with Crippen molar-refractivity contribution in [3.05, 3.63) is 18.2 Å². The van der Waals surface area contributed by atoms with Crippen LogP contribution in [0.1, 0.15) is 26.1 Å². The molecule has 6 nitrogen and oxygen atoms in total. The summed E-state index contributed by atoms with van der Waals surface area (Å²) in [7, 11) is 0. The number of carbonyl (C=O) groups excluding carboxylic acids is 1. The van der Waals surface area contributed by atoms with E-state index in [2.05, 4.69) is 9.97 Å². The quantitative estimate of drug-likeness (QED) is 0.643. The standard InChI is InChI=1S/C12H22N4O2/c1-3-9(2)11(13)12(18)16(6-7-17)8-10-14-4-5-15-10/h4-5,9,11,17H,3,6-8,13H2,1-2H3,(H,14,15)/t9-,11-/m0/s1. The van der Waals surface area contributed by atoms with Gasteiger partial charge in [-0.1, -0.05) is 20.3 Å². The van der Waals surface area contributed by atoms with E-state index >= 15 is 0 Å². The molecule has 0 radical (unpaired) electrons. The van der Waals surface area contributed by atoms with Crippen molar-refractivity contribution in [2.24, 2.45) is 11.7 Å². The van der Waals surface area contributed by atoms with Crippen molar-refractivity contribution in [1.29, 1.82) is 0 Å². The molecule has 0 saturated heterocycles. The zero-order chi connectivity index (χ0) is 13.5. The van der Waals surface area contributed by atoms with E-state index in [1.54, 1.807) is 12.4 Å². The second-order valence-corrected chi connectivity index (χ2v) is 4.43. The SMILES string of the molecule is CC[C@H](C)[C@H](N)C(=O)N(CCO)Cc1ncc[nH]1. The molecule has 0 saturated carbocycles. The smallest absolute Gasteiger partial charge is 0.240 e. The number of hydrogen-bond donors (Lipinski definition) is 3. The molecule has 1 amide bonds. The van der Waals surface area contributed by atoms with Crippen LogP contribution in [-0.4, -0.2) is 45.1 Å². The van der Waals surface area contributed by atoms with Crippen LogP contribution in [0.5, 0.6) is 0 Å². The average Bonchev–Trinajstić information content (AvgIpc) is 2.88. The number of amides is 1. The Morgan fingerprint density at radius 1 is 1.67 bits per heavy atom. The molecular weight excluding hydrogens is 232 g/mol. The van der Waals surface area contributed by atoms with Crippen LogP contribution in [0.15, 0.2) is 12.4 Å². The maximum absolute atomic E-state index is 12.2. The minimum absolute atomic E-state index is 0.0837. The predicted octanol–water partition coefficient (Wildman–Crippen LogP) is 0.104. The highest BCUT2D eigenvalue weighted by Crippen LogP contribution is 2.10. The number of imidazole rings is 1. The lowest BCUT2D eigenvalue weighted by molar-refractivity contribution is -0.135. The van der Waals surface area contributed by atoms with E-state index in [4.69, 9.17) is 10.8 Å². The molecule has 6 heteroatoms. The van der Waals surface area contributed by atoms with Gasteiger partial charge >= 0.3 is 0 Å². The fraction of sp³-hybridized carbons (Fsp3) is 0.667. The molecule has 0 aliphatic heterocycles. The fourth-order valence-electron chi connectivity index (χ4n) is 1.66. The number of nitrogens with one attached hydrogen (secondary N) is 1. The van der Waals surface area contributed by atoms with Crippen LogP contribution in [-0.2, 0) is 11.3 Å². The number of aliphatic hydroxyl groups excluding tert-OH is 1. The molecule has 2 atom stereocenters. The first-order chi connectivity index (χ1) is 8.60. The summed E-state index contributed by atoms with van der Waals surface area (Å²) in [6, 6.07) is -0.531. The zero-order valence-electron chi connectivity index (χ0n) is 11.0. The van der Waals surface area contributed by atoms with Crippen molar-refractivity contribution in [2.75, 3.05) is 13.2 Å². The third-order valence-electron chi connectivity index (χ3n) is 3.12. The molecule has 0 spiro atoms. The van der Waals surface area contributed by atoms with Crippen LogP contribution in [0.25, 0.3) is 0 Å². The highest BCUT2D eigenvalue weighted by atomic mass is 16.3. The van der Waals surface area contributed by atoms with E-state index in [1.165, 1.54) is 4.90 Å². The summed E-state index contributed by atoms with van der Waals surface area (Å²) in [6.45, 7) is 4.48. The van der Waals surface area contributed by atoms with Crippen LogP contribution < -0.4 is 5.73 Å².